The molecular weight excluding hydrogens is 252 g/mol. The van der Waals surface area contributed by atoms with Gasteiger partial charge in [0.05, 0.1) is 6.61 Å². The van der Waals surface area contributed by atoms with E-state index < -0.39 is 0 Å². The number of hydrogen-bond acceptors (Lipinski definition) is 3. The summed E-state index contributed by atoms with van der Waals surface area (Å²) in [4.78, 5) is 11.7. The second-order valence-corrected chi connectivity index (χ2v) is 5.04. The van der Waals surface area contributed by atoms with Gasteiger partial charge in [0.25, 0.3) is 5.91 Å². The van der Waals surface area contributed by atoms with Gasteiger partial charge in [-0.15, -0.1) is 6.58 Å². The molecule has 0 aromatic heterocycles. The highest BCUT2D eigenvalue weighted by Gasteiger charge is 2.13. The number of amides is 1. The Bertz CT molecular complexity index is 436. The molecule has 1 aromatic carbocycles. The lowest BCUT2D eigenvalue weighted by molar-refractivity contribution is 0.0595. The van der Waals surface area contributed by atoms with Gasteiger partial charge in [-0.25, -0.2) is 0 Å². The molecule has 1 aliphatic heterocycles. The van der Waals surface area contributed by atoms with Crippen LogP contribution in [0, 0.1) is 5.92 Å². The monoisotopic (exact) mass is 274 g/mol. The third-order valence-corrected chi connectivity index (χ3v) is 3.40. The summed E-state index contributed by atoms with van der Waals surface area (Å²) in [7, 11) is 0. The van der Waals surface area contributed by atoms with Gasteiger partial charge in [0.15, 0.2) is 0 Å². The lowest BCUT2D eigenvalue weighted by Crippen LogP contribution is -2.24. The van der Waals surface area contributed by atoms with Gasteiger partial charge in [0.2, 0.25) is 0 Å². The molecule has 0 radical (unpaired) electrons. The van der Waals surface area contributed by atoms with Crippen LogP contribution < -0.4 is 10.6 Å². The van der Waals surface area contributed by atoms with Crippen LogP contribution in [0.15, 0.2) is 36.9 Å². The van der Waals surface area contributed by atoms with Gasteiger partial charge in [0.1, 0.15) is 0 Å². The van der Waals surface area contributed by atoms with Gasteiger partial charge >= 0.3 is 0 Å². The highest BCUT2D eigenvalue weighted by molar-refractivity contribution is 5.94. The second kappa shape index (κ2) is 7.70. The first kappa shape index (κ1) is 14.6. The van der Waals surface area contributed by atoms with Gasteiger partial charge < -0.3 is 15.4 Å². The molecular formula is C16H22N2O2. The number of nitrogens with one attached hydrogen (secondary N) is 2. The molecule has 0 spiro atoms. The largest absolute Gasteiger partial charge is 0.385 e. The molecule has 108 valence electrons. The number of hydrogen-bond donors (Lipinski definition) is 2. The molecule has 0 bridgehead atoms. The average molecular weight is 274 g/mol. The first-order valence-corrected chi connectivity index (χ1v) is 7.10. The molecule has 1 heterocycles. The van der Waals surface area contributed by atoms with Crippen molar-refractivity contribution in [3.63, 3.8) is 0 Å². The van der Waals surface area contributed by atoms with Crippen molar-refractivity contribution in [2.45, 2.75) is 12.8 Å². The Morgan fingerprint density at radius 2 is 2.20 bits per heavy atom. The Labute approximate surface area is 120 Å². The van der Waals surface area contributed by atoms with Crippen molar-refractivity contribution in [1.29, 1.82) is 0 Å². The van der Waals surface area contributed by atoms with Crippen molar-refractivity contribution in [2.75, 3.05) is 31.6 Å². The Balaban J connectivity index is 1.81. The maximum absolute atomic E-state index is 11.7. The zero-order valence-corrected chi connectivity index (χ0v) is 11.7. The van der Waals surface area contributed by atoms with E-state index in [-0.39, 0.29) is 5.91 Å². The van der Waals surface area contributed by atoms with Gasteiger partial charge in [-0.3, -0.25) is 4.79 Å². The minimum Gasteiger partial charge on any atom is -0.385 e. The summed E-state index contributed by atoms with van der Waals surface area (Å²) in [6.45, 7) is 6.72. The van der Waals surface area contributed by atoms with E-state index >= 15 is 0 Å². The predicted molar refractivity (Wildman–Crippen MR) is 81.0 cm³/mol. The van der Waals surface area contributed by atoms with Crippen molar-refractivity contribution >= 4 is 11.6 Å². The van der Waals surface area contributed by atoms with Crippen LogP contribution in [0.3, 0.4) is 0 Å². The first-order chi connectivity index (χ1) is 9.79. The van der Waals surface area contributed by atoms with E-state index in [0.29, 0.717) is 18.0 Å². The minimum absolute atomic E-state index is 0.0721. The highest BCUT2D eigenvalue weighted by atomic mass is 16.5. The van der Waals surface area contributed by atoms with Gasteiger partial charge in [-0.05, 0) is 43.0 Å². The van der Waals surface area contributed by atoms with Crippen LogP contribution in [0.4, 0.5) is 5.69 Å². The number of rotatable bonds is 6. The summed E-state index contributed by atoms with van der Waals surface area (Å²) in [5, 5.41) is 6.15. The summed E-state index contributed by atoms with van der Waals surface area (Å²) in [6.07, 6.45) is 4.03. The van der Waals surface area contributed by atoms with Crippen molar-refractivity contribution in [3.8, 4) is 0 Å². The molecule has 1 saturated heterocycles. The number of benzene rings is 1. The highest BCUT2D eigenvalue weighted by Crippen LogP contribution is 2.15. The SMILES string of the molecule is C=CCNC(=O)c1ccc(NCC2CCCOC2)cc1. The van der Waals surface area contributed by atoms with Crippen molar-refractivity contribution in [3.05, 3.63) is 42.5 Å². The number of ether oxygens (including phenoxy) is 1. The fourth-order valence-electron chi connectivity index (χ4n) is 2.24. The quantitative estimate of drug-likeness (QED) is 0.783. The third kappa shape index (κ3) is 4.38. The van der Waals surface area contributed by atoms with Crippen LogP contribution in [0.25, 0.3) is 0 Å². The van der Waals surface area contributed by atoms with E-state index in [0.717, 1.165) is 31.9 Å². The summed E-state index contributed by atoms with van der Waals surface area (Å²) in [5.74, 6) is 0.511. The molecule has 1 amide bonds. The average Bonchev–Trinajstić information content (AvgIpc) is 2.52. The molecule has 2 rings (SSSR count). The molecule has 4 heteroatoms. The molecule has 1 aromatic rings. The van der Waals surface area contributed by atoms with E-state index in [1.54, 1.807) is 6.08 Å². The number of anilines is 1. The van der Waals surface area contributed by atoms with E-state index in [1.165, 1.54) is 6.42 Å². The predicted octanol–water partition coefficient (Wildman–Crippen LogP) is 2.44. The summed E-state index contributed by atoms with van der Waals surface area (Å²) >= 11 is 0. The Hall–Kier alpha value is -1.81. The molecule has 1 atom stereocenters. The Kier molecular flexibility index (Phi) is 5.62. The van der Waals surface area contributed by atoms with Crippen LogP contribution in [0.1, 0.15) is 23.2 Å². The van der Waals surface area contributed by atoms with Crippen molar-refractivity contribution in [1.82, 2.24) is 5.32 Å². The standard InChI is InChI=1S/C16H22N2O2/c1-2-9-17-16(19)14-5-7-15(8-6-14)18-11-13-4-3-10-20-12-13/h2,5-8,13,18H,1,3-4,9-12H2,(H,17,19). The van der Waals surface area contributed by atoms with Gasteiger partial charge in [-0.1, -0.05) is 6.08 Å². The summed E-state index contributed by atoms with van der Waals surface area (Å²) in [6, 6.07) is 7.54. The van der Waals surface area contributed by atoms with Gasteiger partial charge in [0, 0.05) is 30.9 Å². The molecule has 1 unspecified atom stereocenters. The van der Waals surface area contributed by atoms with E-state index in [1.807, 2.05) is 24.3 Å². The first-order valence-electron chi connectivity index (χ1n) is 7.10. The summed E-state index contributed by atoms with van der Waals surface area (Å²) < 4.78 is 5.46. The van der Waals surface area contributed by atoms with Crippen LogP contribution >= 0.6 is 0 Å². The molecule has 2 N–H and O–H groups in total. The smallest absolute Gasteiger partial charge is 0.251 e. The lowest BCUT2D eigenvalue weighted by Gasteiger charge is -2.22. The minimum atomic E-state index is -0.0721. The summed E-state index contributed by atoms with van der Waals surface area (Å²) in [5.41, 5.74) is 1.70. The van der Waals surface area contributed by atoms with Crippen molar-refractivity contribution < 1.29 is 9.53 Å². The number of carbonyl (C=O) groups excluding carboxylic acids is 1. The Morgan fingerprint density at radius 1 is 1.40 bits per heavy atom. The fraction of sp³-hybridized carbons (Fsp3) is 0.438. The van der Waals surface area contributed by atoms with E-state index in [9.17, 15) is 4.79 Å². The molecule has 1 fully saturated rings. The zero-order chi connectivity index (χ0) is 14.2. The topological polar surface area (TPSA) is 50.4 Å². The maximum atomic E-state index is 11.7. The molecule has 0 saturated carbocycles. The van der Waals surface area contributed by atoms with Crippen LogP contribution in [-0.2, 0) is 4.74 Å². The van der Waals surface area contributed by atoms with Crippen LogP contribution in [-0.4, -0.2) is 32.2 Å². The fourth-order valence-corrected chi connectivity index (χ4v) is 2.24. The molecule has 0 aliphatic carbocycles. The van der Waals surface area contributed by atoms with Crippen LogP contribution in [0.5, 0.6) is 0 Å². The van der Waals surface area contributed by atoms with E-state index in [4.69, 9.17) is 4.74 Å². The lowest BCUT2D eigenvalue weighted by atomic mass is 10.0. The van der Waals surface area contributed by atoms with Gasteiger partial charge in [-0.2, -0.15) is 0 Å². The Morgan fingerprint density at radius 3 is 2.85 bits per heavy atom. The normalized spacial score (nSPS) is 18.3. The molecule has 4 nitrogen and oxygen atoms in total. The third-order valence-electron chi connectivity index (χ3n) is 3.40. The van der Waals surface area contributed by atoms with Crippen LogP contribution in [0.2, 0.25) is 0 Å². The maximum Gasteiger partial charge on any atom is 0.251 e. The molecule has 20 heavy (non-hydrogen) atoms. The molecule has 1 aliphatic rings. The van der Waals surface area contributed by atoms with E-state index in [2.05, 4.69) is 17.2 Å². The van der Waals surface area contributed by atoms with Crippen molar-refractivity contribution in [2.24, 2.45) is 5.92 Å². The zero-order valence-electron chi connectivity index (χ0n) is 11.7. The number of carbonyl (C=O) groups is 1. The second-order valence-electron chi connectivity index (χ2n) is 5.04.